The average molecular weight is 505 g/mol. The summed E-state index contributed by atoms with van der Waals surface area (Å²) >= 11 is 12.3. The van der Waals surface area contributed by atoms with Gasteiger partial charge in [-0.05, 0) is 48.7 Å². The average Bonchev–Trinajstić information content (AvgIpc) is 3.36. The van der Waals surface area contributed by atoms with Gasteiger partial charge in [0.1, 0.15) is 0 Å². The van der Waals surface area contributed by atoms with Crippen LogP contribution in [0.5, 0.6) is 17.2 Å². The molecule has 0 bridgehead atoms. The van der Waals surface area contributed by atoms with Gasteiger partial charge in [-0.25, -0.2) is 0 Å². The molecule has 2 heterocycles. The molecule has 0 spiro atoms. The monoisotopic (exact) mass is 504 g/mol. The molecule has 1 aromatic heterocycles. The van der Waals surface area contributed by atoms with Crippen LogP contribution in [0.15, 0.2) is 30.3 Å². The molecule has 0 aliphatic carbocycles. The lowest BCUT2D eigenvalue weighted by Gasteiger charge is -2.18. The number of hydrogen-bond acceptors (Lipinski definition) is 9. The largest absolute Gasteiger partial charge is 0.493 e. The third kappa shape index (κ3) is 5.66. The van der Waals surface area contributed by atoms with Crippen molar-refractivity contribution >= 4 is 46.7 Å². The number of benzene rings is 2. The van der Waals surface area contributed by atoms with E-state index in [1.54, 1.807) is 39.5 Å². The topological polar surface area (TPSA) is 93.7 Å². The highest BCUT2D eigenvalue weighted by Crippen LogP contribution is 2.38. The SMILES string of the molecule is COc1cc(CNc2nc(Nc3cc(Cl)cc(Cl)c3)nc(N3CCCC3)n2)cc(OC)c1OC. The lowest BCUT2D eigenvalue weighted by molar-refractivity contribution is 0.324. The Bertz CT molecular complexity index is 1110. The lowest BCUT2D eigenvalue weighted by atomic mass is 10.2. The van der Waals surface area contributed by atoms with Gasteiger partial charge in [0.25, 0.3) is 0 Å². The van der Waals surface area contributed by atoms with Gasteiger partial charge in [0, 0.05) is 35.4 Å². The molecule has 0 radical (unpaired) electrons. The fraction of sp³-hybridized carbons (Fsp3) is 0.348. The van der Waals surface area contributed by atoms with Gasteiger partial charge in [0.15, 0.2) is 11.5 Å². The second-order valence-corrected chi connectivity index (χ2v) is 8.52. The van der Waals surface area contributed by atoms with Crippen LogP contribution in [0.2, 0.25) is 10.0 Å². The minimum absolute atomic E-state index is 0.391. The summed E-state index contributed by atoms with van der Waals surface area (Å²) in [5.74, 6) is 3.12. The van der Waals surface area contributed by atoms with Crippen molar-refractivity contribution in [3.63, 3.8) is 0 Å². The summed E-state index contributed by atoms with van der Waals surface area (Å²) < 4.78 is 16.3. The van der Waals surface area contributed by atoms with E-state index in [9.17, 15) is 0 Å². The minimum atomic E-state index is 0.391. The number of anilines is 4. The zero-order valence-electron chi connectivity index (χ0n) is 19.2. The van der Waals surface area contributed by atoms with Gasteiger partial charge >= 0.3 is 0 Å². The molecule has 0 atom stereocenters. The molecule has 4 rings (SSSR count). The maximum Gasteiger partial charge on any atom is 0.233 e. The van der Waals surface area contributed by atoms with E-state index in [1.807, 2.05) is 12.1 Å². The number of methoxy groups -OCH3 is 3. The molecule has 9 nitrogen and oxygen atoms in total. The van der Waals surface area contributed by atoms with Crippen LogP contribution in [0.25, 0.3) is 0 Å². The number of aromatic nitrogens is 3. The summed E-state index contributed by atoms with van der Waals surface area (Å²) in [7, 11) is 4.75. The van der Waals surface area contributed by atoms with Crippen LogP contribution in [0.3, 0.4) is 0 Å². The van der Waals surface area contributed by atoms with Gasteiger partial charge in [0.2, 0.25) is 23.6 Å². The van der Waals surface area contributed by atoms with Gasteiger partial charge in [-0.15, -0.1) is 0 Å². The Hall–Kier alpha value is -3.17. The summed E-state index contributed by atoms with van der Waals surface area (Å²) in [5.41, 5.74) is 1.60. The normalized spacial score (nSPS) is 13.0. The maximum absolute atomic E-state index is 6.14. The standard InChI is InChI=1S/C23H26Cl2N6O3/c1-32-18-8-14(9-19(33-2)20(18)34-3)13-26-21-28-22(27-17-11-15(24)10-16(25)12-17)30-23(29-21)31-6-4-5-7-31/h8-12H,4-7,13H2,1-3H3,(H2,26,27,28,29,30). The van der Waals surface area contributed by atoms with Crippen LogP contribution >= 0.6 is 23.2 Å². The van der Waals surface area contributed by atoms with Crippen molar-refractivity contribution in [2.24, 2.45) is 0 Å². The third-order valence-electron chi connectivity index (χ3n) is 5.31. The molecule has 0 unspecified atom stereocenters. The first-order valence-corrected chi connectivity index (χ1v) is 11.5. The van der Waals surface area contributed by atoms with Crippen LogP contribution in [0.4, 0.5) is 23.5 Å². The number of ether oxygens (including phenoxy) is 3. The molecule has 2 aromatic carbocycles. The molecule has 1 aliphatic heterocycles. The summed E-state index contributed by atoms with van der Waals surface area (Å²) in [4.78, 5) is 15.9. The highest BCUT2D eigenvalue weighted by molar-refractivity contribution is 6.35. The van der Waals surface area contributed by atoms with Crippen LogP contribution in [0, 0.1) is 0 Å². The van der Waals surface area contributed by atoms with Crippen LogP contribution < -0.4 is 29.7 Å². The summed E-state index contributed by atoms with van der Waals surface area (Å²) in [6.07, 6.45) is 2.21. The Balaban J connectivity index is 1.60. The van der Waals surface area contributed by atoms with Crippen LogP contribution in [0.1, 0.15) is 18.4 Å². The summed E-state index contributed by atoms with van der Waals surface area (Å²) in [5, 5.41) is 7.50. The molecule has 1 aliphatic rings. The molecule has 1 fully saturated rings. The molecule has 3 aromatic rings. The first-order chi connectivity index (χ1) is 16.5. The first kappa shape index (κ1) is 24.0. The predicted molar refractivity (Wildman–Crippen MR) is 134 cm³/mol. The zero-order valence-corrected chi connectivity index (χ0v) is 20.7. The zero-order chi connectivity index (χ0) is 24.1. The van der Waals surface area contributed by atoms with Crippen molar-refractivity contribution < 1.29 is 14.2 Å². The fourth-order valence-corrected chi connectivity index (χ4v) is 4.26. The second kappa shape index (κ2) is 10.8. The fourth-order valence-electron chi connectivity index (χ4n) is 3.73. The van der Waals surface area contributed by atoms with E-state index in [-0.39, 0.29) is 0 Å². The Morgan fingerprint density at radius 3 is 2.03 bits per heavy atom. The molecular weight excluding hydrogens is 479 g/mol. The van der Waals surface area contributed by atoms with E-state index in [0.717, 1.165) is 31.5 Å². The highest BCUT2D eigenvalue weighted by atomic mass is 35.5. The van der Waals surface area contributed by atoms with Crippen molar-refractivity contribution in [3.05, 3.63) is 45.9 Å². The van der Waals surface area contributed by atoms with E-state index >= 15 is 0 Å². The molecule has 2 N–H and O–H groups in total. The molecule has 180 valence electrons. The minimum Gasteiger partial charge on any atom is -0.493 e. The van der Waals surface area contributed by atoms with Gasteiger partial charge in [-0.1, -0.05) is 23.2 Å². The Labute approximate surface area is 208 Å². The van der Waals surface area contributed by atoms with Crippen molar-refractivity contribution in [3.8, 4) is 17.2 Å². The number of halogens is 2. The van der Waals surface area contributed by atoms with Crippen LogP contribution in [-0.4, -0.2) is 49.4 Å². The van der Waals surface area contributed by atoms with Crippen molar-refractivity contribution in [1.82, 2.24) is 15.0 Å². The third-order valence-corrected chi connectivity index (χ3v) is 5.74. The van der Waals surface area contributed by atoms with E-state index < -0.39 is 0 Å². The van der Waals surface area contributed by atoms with E-state index in [0.29, 0.717) is 57.4 Å². The Morgan fingerprint density at radius 1 is 0.824 bits per heavy atom. The van der Waals surface area contributed by atoms with E-state index in [1.165, 1.54) is 0 Å². The van der Waals surface area contributed by atoms with Crippen LogP contribution in [-0.2, 0) is 6.54 Å². The number of nitrogens with one attached hydrogen (secondary N) is 2. The molecule has 0 amide bonds. The van der Waals surface area contributed by atoms with Crippen molar-refractivity contribution in [2.75, 3.05) is 50.0 Å². The summed E-state index contributed by atoms with van der Waals surface area (Å²) in [6.45, 7) is 2.24. The molecule has 11 heteroatoms. The first-order valence-electron chi connectivity index (χ1n) is 10.8. The smallest absolute Gasteiger partial charge is 0.233 e. The molecule has 1 saturated heterocycles. The van der Waals surface area contributed by atoms with Crippen molar-refractivity contribution in [1.29, 1.82) is 0 Å². The molecule has 0 saturated carbocycles. The quantitative estimate of drug-likeness (QED) is 0.409. The molecule has 34 heavy (non-hydrogen) atoms. The Morgan fingerprint density at radius 2 is 1.44 bits per heavy atom. The highest BCUT2D eigenvalue weighted by Gasteiger charge is 2.18. The number of rotatable bonds is 9. The van der Waals surface area contributed by atoms with E-state index in [2.05, 4.69) is 30.5 Å². The van der Waals surface area contributed by atoms with Gasteiger partial charge in [0.05, 0.1) is 21.3 Å². The van der Waals surface area contributed by atoms with Gasteiger partial charge < -0.3 is 29.7 Å². The number of nitrogens with zero attached hydrogens (tertiary/aromatic N) is 4. The van der Waals surface area contributed by atoms with Gasteiger partial charge in [-0.2, -0.15) is 15.0 Å². The molecular formula is C23H26Cl2N6O3. The predicted octanol–water partition coefficient (Wildman–Crippen LogP) is 5.16. The maximum atomic E-state index is 6.14. The number of hydrogen-bond donors (Lipinski definition) is 2. The summed E-state index contributed by atoms with van der Waals surface area (Å²) in [6, 6.07) is 8.95. The van der Waals surface area contributed by atoms with E-state index in [4.69, 9.17) is 37.4 Å². The lowest BCUT2D eigenvalue weighted by Crippen LogP contribution is -2.22. The Kier molecular flexibility index (Phi) is 7.64. The van der Waals surface area contributed by atoms with Gasteiger partial charge in [-0.3, -0.25) is 0 Å². The second-order valence-electron chi connectivity index (χ2n) is 7.65. The van der Waals surface area contributed by atoms with Crippen molar-refractivity contribution in [2.45, 2.75) is 19.4 Å².